The van der Waals surface area contributed by atoms with Gasteiger partial charge in [-0.25, -0.2) is 0 Å². The van der Waals surface area contributed by atoms with Crippen LogP contribution in [0.2, 0.25) is 0 Å². The molecular formula is C15H23NO. The predicted octanol–water partition coefficient (Wildman–Crippen LogP) is 3.15. The van der Waals surface area contributed by atoms with Gasteiger partial charge in [0.15, 0.2) is 0 Å². The average Bonchev–Trinajstić information content (AvgIpc) is 2.53. The van der Waals surface area contributed by atoms with Crippen molar-refractivity contribution >= 4 is 0 Å². The van der Waals surface area contributed by atoms with Crippen molar-refractivity contribution in [3.8, 4) is 5.75 Å². The summed E-state index contributed by atoms with van der Waals surface area (Å²) in [6.07, 6.45) is 4.34. The fourth-order valence-electron chi connectivity index (χ4n) is 3.10. The van der Waals surface area contributed by atoms with Crippen molar-refractivity contribution in [3.63, 3.8) is 0 Å². The number of benzene rings is 1. The topological polar surface area (TPSA) is 35.2 Å². The standard InChI is InChI=1S/C15H23NO/c1-14(2)8-9-15(16,11-14)10-12-6-4-5-7-13(12)17-3/h4-7H,8-11,16H2,1-3H3. The van der Waals surface area contributed by atoms with Gasteiger partial charge in [-0.1, -0.05) is 32.0 Å². The Morgan fingerprint density at radius 2 is 1.94 bits per heavy atom. The van der Waals surface area contributed by atoms with E-state index in [0.717, 1.165) is 25.0 Å². The zero-order chi connectivity index (χ0) is 12.5. The van der Waals surface area contributed by atoms with E-state index in [1.54, 1.807) is 7.11 Å². The quantitative estimate of drug-likeness (QED) is 0.870. The van der Waals surface area contributed by atoms with Gasteiger partial charge in [-0.3, -0.25) is 0 Å². The minimum Gasteiger partial charge on any atom is -0.496 e. The van der Waals surface area contributed by atoms with Gasteiger partial charge in [0, 0.05) is 5.54 Å². The molecule has 1 aliphatic carbocycles. The highest BCUT2D eigenvalue weighted by atomic mass is 16.5. The monoisotopic (exact) mass is 233 g/mol. The van der Waals surface area contributed by atoms with Crippen LogP contribution in [0.5, 0.6) is 5.75 Å². The number of rotatable bonds is 3. The number of nitrogens with two attached hydrogens (primary N) is 1. The van der Waals surface area contributed by atoms with Crippen molar-refractivity contribution in [2.75, 3.05) is 7.11 Å². The molecule has 94 valence electrons. The summed E-state index contributed by atoms with van der Waals surface area (Å²) >= 11 is 0. The van der Waals surface area contributed by atoms with Crippen LogP contribution < -0.4 is 10.5 Å². The normalized spacial score (nSPS) is 27.1. The van der Waals surface area contributed by atoms with Crippen LogP contribution in [-0.2, 0) is 6.42 Å². The molecule has 1 saturated carbocycles. The summed E-state index contributed by atoms with van der Waals surface area (Å²) in [7, 11) is 1.72. The van der Waals surface area contributed by atoms with E-state index < -0.39 is 0 Å². The summed E-state index contributed by atoms with van der Waals surface area (Å²) in [6.45, 7) is 4.62. The second-order valence-corrected chi connectivity index (χ2v) is 6.19. The zero-order valence-electron chi connectivity index (χ0n) is 11.1. The molecule has 2 N–H and O–H groups in total. The van der Waals surface area contributed by atoms with E-state index in [0.29, 0.717) is 5.41 Å². The lowest BCUT2D eigenvalue weighted by Crippen LogP contribution is -2.40. The molecule has 1 aromatic carbocycles. The van der Waals surface area contributed by atoms with E-state index in [9.17, 15) is 0 Å². The molecule has 0 radical (unpaired) electrons. The number of methoxy groups -OCH3 is 1. The number of ether oxygens (including phenoxy) is 1. The molecule has 2 heteroatoms. The maximum atomic E-state index is 6.53. The first-order chi connectivity index (χ1) is 7.94. The zero-order valence-corrected chi connectivity index (χ0v) is 11.1. The van der Waals surface area contributed by atoms with Gasteiger partial charge >= 0.3 is 0 Å². The minimum atomic E-state index is -0.0574. The Labute approximate surface area is 104 Å². The van der Waals surface area contributed by atoms with E-state index in [2.05, 4.69) is 26.0 Å². The highest BCUT2D eigenvalue weighted by molar-refractivity contribution is 5.35. The summed E-state index contributed by atoms with van der Waals surface area (Å²) < 4.78 is 5.40. The van der Waals surface area contributed by atoms with Gasteiger partial charge in [0.25, 0.3) is 0 Å². The number of hydrogen-bond acceptors (Lipinski definition) is 2. The van der Waals surface area contributed by atoms with Crippen LogP contribution in [0.25, 0.3) is 0 Å². The Morgan fingerprint density at radius 1 is 1.24 bits per heavy atom. The molecule has 0 aromatic heterocycles. The van der Waals surface area contributed by atoms with Crippen LogP contribution in [0.1, 0.15) is 38.7 Å². The molecule has 1 fully saturated rings. The van der Waals surface area contributed by atoms with E-state index in [-0.39, 0.29) is 5.54 Å². The highest BCUT2D eigenvalue weighted by Gasteiger charge is 2.40. The van der Waals surface area contributed by atoms with Crippen molar-refractivity contribution < 1.29 is 4.74 Å². The van der Waals surface area contributed by atoms with Crippen LogP contribution in [0.3, 0.4) is 0 Å². The Bertz CT molecular complexity index is 400. The first-order valence-corrected chi connectivity index (χ1v) is 6.35. The molecule has 0 aliphatic heterocycles. The molecule has 1 unspecified atom stereocenters. The Balaban J connectivity index is 2.16. The molecule has 0 saturated heterocycles. The van der Waals surface area contributed by atoms with Crippen molar-refractivity contribution in [1.82, 2.24) is 0 Å². The summed E-state index contributed by atoms with van der Waals surface area (Å²) in [5.74, 6) is 0.960. The van der Waals surface area contributed by atoms with Gasteiger partial charge in [0.1, 0.15) is 5.75 Å². The SMILES string of the molecule is COc1ccccc1CC1(N)CCC(C)(C)C1. The summed E-state index contributed by atoms with van der Waals surface area (Å²) in [5.41, 5.74) is 8.09. The van der Waals surface area contributed by atoms with Crippen LogP contribution in [0, 0.1) is 5.41 Å². The second-order valence-electron chi connectivity index (χ2n) is 6.19. The van der Waals surface area contributed by atoms with Crippen molar-refractivity contribution in [2.24, 2.45) is 11.1 Å². The fourth-order valence-corrected chi connectivity index (χ4v) is 3.10. The lowest BCUT2D eigenvalue weighted by Gasteiger charge is -2.27. The van der Waals surface area contributed by atoms with Crippen LogP contribution in [-0.4, -0.2) is 12.6 Å². The third-order valence-corrected chi connectivity index (χ3v) is 3.87. The number of para-hydroxylation sites is 1. The first-order valence-electron chi connectivity index (χ1n) is 6.35. The molecule has 17 heavy (non-hydrogen) atoms. The molecule has 2 nitrogen and oxygen atoms in total. The lowest BCUT2D eigenvalue weighted by atomic mass is 9.84. The van der Waals surface area contributed by atoms with Crippen molar-refractivity contribution in [1.29, 1.82) is 0 Å². The Morgan fingerprint density at radius 3 is 2.53 bits per heavy atom. The summed E-state index contributed by atoms with van der Waals surface area (Å²) in [4.78, 5) is 0. The molecule has 0 bridgehead atoms. The third kappa shape index (κ3) is 2.81. The summed E-state index contributed by atoms with van der Waals surface area (Å²) in [5, 5.41) is 0. The molecule has 0 spiro atoms. The maximum Gasteiger partial charge on any atom is 0.122 e. The molecule has 0 heterocycles. The van der Waals surface area contributed by atoms with Gasteiger partial charge in [-0.2, -0.15) is 0 Å². The van der Waals surface area contributed by atoms with E-state index in [1.807, 2.05) is 12.1 Å². The third-order valence-electron chi connectivity index (χ3n) is 3.87. The van der Waals surface area contributed by atoms with Crippen molar-refractivity contribution in [2.45, 2.75) is 45.1 Å². The van der Waals surface area contributed by atoms with Crippen LogP contribution in [0.15, 0.2) is 24.3 Å². The van der Waals surface area contributed by atoms with Gasteiger partial charge < -0.3 is 10.5 Å². The van der Waals surface area contributed by atoms with Crippen molar-refractivity contribution in [3.05, 3.63) is 29.8 Å². The lowest BCUT2D eigenvalue weighted by molar-refractivity contribution is 0.330. The smallest absolute Gasteiger partial charge is 0.122 e. The van der Waals surface area contributed by atoms with E-state index in [4.69, 9.17) is 10.5 Å². The fraction of sp³-hybridized carbons (Fsp3) is 0.600. The first kappa shape index (κ1) is 12.4. The minimum absolute atomic E-state index is 0.0574. The molecule has 2 rings (SSSR count). The average molecular weight is 233 g/mol. The Hall–Kier alpha value is -1.02. The van der Waals surface area contributed by atoms with Gasteiger partial charge in [0.05, 0.1) is 7.11 Å². The molecule has 0 amide bonds. The molecule has 1 aromatic rings. The van der Waals surface area contributed by atoms with Gasteiger partial charge in [-0.15, -0.1) is 0 Å². The van der Waals surface area contributed by atoms with E-state index in [1.165, 1.54) is 12.0 Å². The largest absolute Gasteiger partial charge is 0.496 e. The number of hydrogen-bond donors (Lipinski definition) is 1. The van der Waals surface area contributed by atoms with E-state index >= 15 is 0 Å². The second kappa shape index (κ2) is 4.34. The van der Waals surface area contributed by atoms with Gasteiger partial charge in [-0.05, 0) is 42.7 Å². The van der Waals surface area contributed by atoms with Gasteiger partial charge in [0.2, 0.25) is 0 Å². The summed E-state index contributed by atoms with van der Waals surface area (Å²) in [6, 6.07) is 8.20. The van der Waals surface area contributed by atoms with Crippen LogP contribution >= 0.6 is 0 Å². The molecule has 1 aliphatic rings. The Kier molecular flexibility index (Phi) is 3.17. The molecule has 1 atom stereocenters. The maximum absolute atomic E-state index is 6.53. The predicted molar refractivity (Wildman–Crippen MR) is 71.2 cm³/mol. The molecular weight excluding hydrogens is 210 g/mol. The highest BCUT2D eigenvalue weighted by Crippen LogP contribution is 2.44. The van der Waals surface area contributed by atoms with Crippen LogP contribution in [0.4, 0.5) is 0 Å².